The number of anilines is 1. The lowest BCUT2D eigenvalue weighted by Crippen LogP contribution is -2.61. The maximum absolute atomic E-state index is 12.2. The zero-order valence-electron chi connectivity index (χ0n) is 9.36. The first kappa shape index (κ1) is 11.0. The summed E-state index contributed by atoms with van der Waals surface area (Å²) in [7, 11) is -3.39. The summed E-state index contributed by atoms with van der Waals surface area (Å²) in [6, 6.07) is 7.03. The third-order valence-electron chi connectivity index (χ3n) is 3.34. The van der Waals surface area contributed by atoms with Crippen LogP contribution >= 0.6 is 0 Å². The highest BCUT2D eigenvalue weighted by Crippen LogP contribution is 2.33. The van der Waals surface area contributed by atoms with Gasteiger partial charge in [-0.15, -0.1) is 0 Å². The fourth-order valence-corrected chi connectivity index (χ4v) is 4.03. The highest BCUT2D eigenvalue weighted by Gasteiger charge is 2.41. The van der Waals surface area contributed by atoms with Crippen LogP contribution in [0.5, 0.6) is 0 Å². The number of fused-ring (bicyclic) bond motifs is 1. The van der Waals surface area contributed by atoms with Crippen molar-refractivity contribution in [3.8, 4) is 0 Å². The second-order valence-electron chi connectivity index (χ2n) is 4.56. The Balaban J connectivity index is 2.07. The summed E-state index contributed by atoms with van der Waals surface area (Å²) >= 11 is 0. The first-order valence-electron chi connectivity index (χ1n) is 5.73. The molecule has 1 saturated heterocycles. The van der Waals surface area contributed by atoms with Crippen molar-refractivity contribution in [1.29, 1.82) is 0 Å². The van der Waals surface area contributed by atoms with E-state index in [4.69, 9.17) is 0 Å². The second kappa shape index (κ2) is 3.69. The van der Waals surface area contributed by atoms with Gasteiger partial charge in [-0.25, -0.2) is 8.42 Å². The molecule has 17 heavy (non-hydrogen) atoms. The van der Waals surface area contributed by atoms with E-state index < -0.39 is 15.7 Å². The largest absolute Gasteiger partial charge is 0.365 e. The van der Waals surface area contributed by atoms with Crippen LogP contribution in [0.25, 0.3) is 0 Å². The fourth-order valence-electron chi connectivity index (χ4n) is 2.48. The zero-order valence-corrected chi connectivity index (χ0v) is 10.2. The van der Waals surface area contributed by atoms with Gasteiger partial charge >= 0.3 is 0 Å². The molecule has 2 heterocycles. The van der Waals surface area contributed by atoms with Crippen LogP contribution < -0.4 is 15.4 Å². The molecule has 2 aliphatic heterocycles. The summed E-state index contributed by atoms with van der Waals surface area (Å²) in [5.74, 6) is 0. The maximum atomic E-state index is 12.2. The minimum absolute atomic E-state index is 0.337. The molecule has 1 aromatic rings. The van der Waals surface area contributed by atoms with Gasteiger partial charge in [-0.05, 0) is 38.1 Å². The molecule has 0 unspecified atom stereocenters. The summed E-state index contributed by atoms with van der Waals surface area (Å²) in [6.07, 6.45) is 1.50. The van der Waals surface area contributed by atoms with Gasteiger partial charge in [-0.1, -0.05) is 12.1 Å². The molecule has 92 valence electrons. The summed E-state index contributed by atoms with van der Waals surface area (Å²) in [4.78, 5) is 0.337. The standard InChI is InChI=1S/C11H15N3O2S/c15-17(16)10-4-2-1-3-9(10)13-11(14-17)5-7-12-8-6-11/h1-4,12-14H,5-8H2. The van der Waals surface area contributed by atoms with Gasteiger partial charge in [0.1, 0.15) is 10.6 Å². The Morgan fingerprint density at radius 2 is 1.82 bits per heavy atom. The molecule has 6 heteroatoms. The molecular weight excluding hydrogens is 238 g/mol. The smallest absolute Gasteiger partial charge is 0.244 e. The zero-order chi connectivity index (χ0) is 11.9. The molecule has 1 fully saturated rings. The van der Waals surface area contributed by atoms with Gasteiger partial charge in [0.15, 0.2) is 0 Å². The van der Waals surface area contributed by atoms with Gasteiger partial charge in [0.25, 0.3) is 0 Å². The average Bonchev–Trinajstić information content (AvgIpc) is 2.29. The highest BCUT2D eigenvalue weighted by atomic mass is 32.2. The average molecular weight is 253 g/mol. The Kier molecular flexibility index (Phi) is 2.39. The van der Waals surface area contributed by atoms with Crippen molar-refractivity contribution in [3.63, 3.8) is 0 Å². The quantitative estimate of drug-likeness (QED) is 0.628. The Morgan fingerprint density at radius 1 is 1.12 bits per heavy atom. The Hall–Kier alpha value is -1.11. The minimum Gasteiger partial charge on any atom is -0.365 e. The molecule has 0 aromatic heterocycles. The van der Waals surface area contributed by atoms with E-state index in [0.717, 1.165) is 25.9 Å². The van der Waals surface area contributed by atoms with Crippen LogP contribution in [0.3, 0.4) is 0 Å². The molecule has 0 atom stereocenters. The molecule has 0 radical (unpaired) electrons. The summed E-state index contributed by atoms with van der Waals surface area (Å²) in [6.45, 7) is 1.63. The van der Waals surface area contributed by atoms with Crippen LogP contribution in [0.4, 0.5) is 5.69 Å². The molecule has 0 amide bonds. The monoisotopic (exact) mass is 253 g/mol. The third kappa shape index (κ3) is 1.82. The van der Waals surface area contributed by atoms with Gasteiger partial charge in [-0.2, -0.15) is 4.72 Å². The predicted octanol–water partition coefficient (Wildman–Crippen LogP) is 0.470. The molecule has 1 spiro atoms. The summed E-state index contributed by atoms with van der Waals surface area (Å²) in [5.41, 5.74) is 0.187. The second-order valence-corrected chi connectivity index (χ2v) is 6.21. The molecule has 1 aromatic carbocycles. The number of para-hydroxylation sites is 1. The summed E-state index contributed by atoms with van der Waals surface area (Å²) < 4.78 is 27.1. The lowest BCUT2D eigenvalue weighted by Gasteiger charge is -2.42. The van der Waals surface area contributed by atoms with Crippen molar-refractivity contribution >= 4 is 15.7 Å². The summed E-state index contributed by atoms with van der Waals surface area (Å²) in [5, 5.41) is 6.57. The van der Waals surface area contributed by atoms with Crippen LogP contribution in [0.1, 0.15) is 12.8 Å². The molecule has 2 aliphatic rings. The molecule has 0 saturated carbocycles. The van der Waals surface area contributed by atoms with E-state index in [9.17, 15) is 8.42 Å². The van der Waals surface area contributed by atoms with Gasteiger partial charge < -0.3 is 10.6 Å². The Labute approximate surface area is 101 Å². The molecule has 0 bridgehead atoms. The van der Waals surface area contributed by atoms with Gasteiger partial charge in [0.05, 0.1) is 5.69 Å². The molecule has 3 rings (SSSR count). The van der Waals surface area contributed by atoms with E-state index in [-0.39, 0.29) is 0 Å². The van der Waals surface area contributed by atoms with Gasteiger partial charge in [-0.3, -0.25) is 0 Å². The lowest BCUT2D eigenvalue weighted by atomic mass is 9.98. The van der Waals surface area contributed by atoms with E-state index in [1.807, 2.05) is 12.1 Å². The number of benzene rings is 1. The van der Waals surface area contributed by atoms with E-state index in [0.29, 0.717) is 10.6 Å². The first-order chi connectivity index (χ1) is 8.11. The number of nitrogens with one attached hydrogen (secondary N) is 3. The van der Waals surface area contributed by atoms with Crippen molar-refractivity contribution < 1.29 is 8.42 Å². The molecule has 5 nitrogen and oxygen atoms in total. The SMILES string of the molecule is O=S1(=O)NC2(CCNCC2)Nc2ccccc21. The van der Waals surface area contributed by atoms with Crippen LogP contribution in [0, 0.1) is 0 Å². The van der Waals surface area contributed by atoms with Crippen molar-refractivity contribution in [2.75, 3.05) is 18.4 Å². The number of piperidine rings is 1. The van der Waals surface area contributed by atoms with Crippen molar-refractivity contribution in [3.05, 3.63) is 24.3 Å². The fraction of sp³-hybridized carbons (Fsp3) is 0.455. The maximum Gasteiger partial charge on any atom is 0.244 e. The molecule has 3 N–H and O–H groups in total. The van der Waals surface area contributed by atoms with E-state index in [1.165, 1.54) is 0 Å². The van der Waals surface area contributed by atoms with Crippen LogP contribution in [0.2, 0.25) is 0 Å². The van der Waals surface area contributed by atoms with Crippen molar-refractivity contribution in [2.45, 2.75) is 23.4 Å². The number of hydrogen-bond acceptors (Lipinski definition) is 4. The molecule has 0 aliphatic carbocycles. The lowest BCUT2D eigenvalue weighted by molar-refractivity contribution is 0.314. The van der Waals surface area contributed by atoms with Gasteiger partial charge in [0, 0.05) is 0 Å². The van der Waals surface area contributed by atoms with E-state index in [1.54, 1.807) is 12.1 Å². The van der Waals surface area contributed by atoms with Crippen LogP contribution in [0.15, 0.2) is 29.2 Å². The van der Waals surface area contributed by atoms with Crippen LogP contribution in [-0.4, -0.2) is 27.2 Å². The van der Waals surface area contributed by atoms with Crippen molar-refractivity contribution in [1.82, 2.24) is 10.0 Å². The Bertz CT molecular complexity index is 535. The number of rotatable bonds is 0. The predicted molar refractivity (Wildman–Crippen MR) is 65.2 cm³/mol. The van der Waals surface area contributed by atoms with Crippen LogP contribution in [-0.2, 0) is 10.0 Å². The first-order valence-corrected chi connectivity index (χ1v) is 7.22. The van der Waals surface area contributed by atoms with E-state index in [2.05, 4.69) is 15.4 Å². The van der Waals surface area contributed by atoms with E-state index >= 15 is 0 Å². The Morgan fingerprint density at radius 3 is 2.59 bits per heavy atom. The topological polar surface area (TPSA) is 70.2 Å². The van der Waals surface area contributed by atoms with Crippen molar-refractivity contribution in [2.24, 2.45) is 0 Å². The number of sulfonamides is 1. The third-order valence-corrected chi connectivity index (χ3v) is 4.93. The highest BCUT2D eigenvalue weighted by molar-refractivity contribution is 7.89. The normalized spacial score (nSPS) is 24.9. The number of hydrogen-bond donors (Lipinski definition) is 3. The minimum atomic E-state index is -3.39. The molecular formula is C11H15N3O2S. The van der Waals surface area contributed by atoms with Gasteiger partial charge in [0.2, 0.25) is 10.0 Å².